The molecule has 2 aromatic carbocycles. The Hall–Kier alpha value is -1.46. The van der Waals surface area contributed by atoms with E-state index in [-0.39, 0.29) is 21.6 Å². The first-order chi connectivity index (χ1) is 13.4. The summed E-state index contributed by atoms with van der Waals surface area (Å²) in [6, 6.07) is 21.5. The molecule has 0 bridgehead atoms. The van der Waals surface area contributed by atoms with Crippen molar-refractivity contribution >= 4 is 38.8 Å². The van der Waals surface area contributed by atoms with E-state index in [1.807, 2.05) is 0 Å². The van der Waals surface area contributed by atoms with Crippen LogP contribution in [-0.2, 0) is 10.1 Å². The van der Waals surface area contributed by atoms with E-state index in [1.54, 1.807) is 0 Å². The molecule has 0 heterocycles. The molecule has 0 atom stereocenters. The summed E-state index contributed by atoms with van der Waals surface area (Å²) in [4.78, 5) is 0. The van der Waals surface area contributed by atoms with Gasteiger partial charge in [0, 0.05) is 0 Å². The molecule has 0 N–H and O–H groups in total. The molecule has 0 fully saturated rings. The van der Waals surface area contributed by atoms with Crippen molar-refractivity contribution in [3.05, 3.63) is 60.7 Å². The SMILES string of the molecule is O=S(=O)([O-])C(F)(F)C(F)(F)C(F)(F)C(F)(F)F.c1cc[c]([Sb+][c]2ccccc2)cc1. The molecule has 0 saturated carbocycles. The molecule has 2 aromatic rings. The maximum absolute atomic E-state index is 12.2. The van der Waals surface area contributed by atoms with Crippen LogP contribution in [0.15, 0.2) is 60.7 Å². The van der Waals surface area contributed by atoms with E-state index in [4.69, 9.17) is 0 Å². The summed E-state index contributed by atoms with van der Waals surface area (Å²) in [6.07, 6.45) is -7.16. The average molecular weight is 575 g/mol. The van der Waals surface area contributed by atoms with Gasteiger partial charge in [-0.3, -0.25) is 0 Å². The van der Waals surface area contributed by atoms with E-state index in [2.05, 4.69) is 60.7 Å². The van der Waals surface area contributed by atoms with Crippen LogP contribution in [0.3, 0.4) is 0 Å². The Labute approximate surface area is 175 Å². The van der Waals surface area contributed by atoms with Gasteiger partial charge in [-0.2, -0.15) is 39.5 Å². The summed E-state index contributed by atoms with van der Waals surface area (Å²) >= 11 is -0.335. The number of alkyl halides is 9. The molecule has 2 radical (unpaired) electrons. The monoisotopic (exact) mass is 574 g/mol. The van der Waals surface area contributed by atoms with E-state index in [9.17, 15) is 52.5 Å². The van der Waals surface area contributed by atoms with Crippen LogP contribution in [0.1, 0.15) is 0 Å². The standard InChI is InChI=1S/2C6H5.C4HF9O3S.Sb/c2*1-2-4-6-5-3-1;5-1(6,3(9,10)11)2(7,8)4(12,13)17(14,15)16;/h2*1-5H;(H,14,15,16);/q;;;+1/p-1. The van der Waals surface area contributed by atoms with Crippen molar-refractivity contribution in [2.24, 2.45) is 0 Å². The van der Waals surface area contributed by atoms with Crippen molar-refractivity contribution < 1.29 is 52.5 Å². The molecule has 166 valence electrons. The fraction of sp³-hybridized carbons (Fsp3) is 0.250. The minimum atomic E-state index is -7.43. The minimum absolute atomic E-state index is 0.335. The van der Waals surface area contributed by atoms with Gasteiger partial charge in [0.1, 0.15) is 0 Å². The summed E-state index contributed by atoms with van der Waals surface area (Å²) in [7, 11) is -7.42. The Balaban J connectivity index is 0.000000308. The van der Waals surface area contributed by atoms with Gasteiger partial charge in [0.25, 0.3) is 0 Å². The van der Waals surface area contributed by atoms with E-state index in [0.717, 1.165) is 0 Å². The van der Waals surface area contributed by atoms with Crippen LogP contribution < -0.4 is 7.02 Å². The molecule has 0 amide bonds. The number of halogens is 9. The summed E-state index contributed by atoms with van der Waals surface area (Å²) < 4.78 is 138. The van der Waals surface area contributed by atoms with Crippen LogP contribution in [-0.4, -0.2) is 57.9 Å². The summed E-state index contributed by atoms with van der Waals surface area (Å²) in [6.45, 7) is 0. The van der Waals surface area contributed by atoms with E-state index >= 15 is 0 Å². The Morgan fingerprint density at radius 3 is 1.23 bits per heavy atom. The normalized spacial score (nSPS) is 13.4. The summed E-state index contributed by atoms with van der Waals surface area (Å²) in [5, 5.41) is -7.11. The van der Waals surface area contributed by atoms with Gasteiger partial charge in [0.15, 0.2) is 10.1 Å². The molecule has 30 heavy (non-hydrogen) atoms. The molecule has 0 aliphatic rings. The average Bonchev–Trinajstić information content (AvgIpc) is 2.62. The Morgan fingerprint density at radius 2 is 0.967 bits per heavy atom. The molecule has 0 saturated heterocycles. The van der Waals surface area contributed by atoms with Gasteiger partial charge in [-0.05, 0) is 0 Å². The van der Waals surface area contributed by atoms with Crippen molar-refractivity contribution in [3.63, 3.8) is 0 Å². The van der Waals surface area contributed by atoms with Crippen LogP contribution in [0.4, 0.5) is 39.5 Å². The Morgan fingerprint density at radius 1 is 0.633 bits per heavy atom. The zero-order chi connectivity index (χ0) is 23.4. The molecular formula is C16H10F9O3SSb. The third kappa shape index (κ3) is 5.82. The van der Waals surface area contributed by atoms with Gasteiger partial charge in [-0.25, -0.2) is 8.42 Å². The first-order valence-electron chi connectivity index (χ1n) is 7.42. The molecule has 0 aliphatic heterocycles. The predicted octanol–water partition coefficient (Wildman–Crippen LogP) is 3.30. The fourth-order valence-electron chi connectivity index (χ4n) is 1.67. The van der Waals surface area contributed by atoms with Crippen molar-refractivity contribution in [2.75, 3.05) is 0 Å². The quantitative estimate of drug-likeness (QED) is 0.313. The first kappa shape index (κ1) is 26.6. The fourth-order valence-corrected chi connectivity index (χ4v) is 4.80. The number of hydrogen-bond acceptors (Lipinski definition) is 3. The molecule has 2 rings (SSSR count). The third-order valence-electron chi connectivity index (χ3n) is 3.20. The Kier molecular flexibility index (Phi) is 8.28. The van der Waals surface area contributed by atoms with E-state index < -0.39 is 33.4 Å². The van der Waals surface area contributed by atoms with Crippen molar-refractivity contribution in [1.29, 1.82) is 0 Å². The maximum atomic E-state index is 12.2. The van der Waals surface area contributed by atoms with Crippen LogP contribution in [0.5, 0.6) is 0 Å². The number of benzene rings is 2. The van der Waals surface area contributed by atoms with Gasteiger partial charge in [-0.15, -0.1) is 0 Å². The van der Waals surface area contributed by atoms with Crippen LogP contribution >= 0.6 is 0 Å². The topological polar surface area (TPSA) is 57.2 Å². The van der Waals surface area contributed by atoms with Gasteiger partial charge in [0.05, 0.1) is 0 Å². The predicted molar refractivity (Wildman–Crippen MR) is 88.5 cm³/mol. The van der Waals surface area contributed by atoms with E-state index in [1.165, 1.54) is 7.02 Å². The van der Waals surface area contributed by atoms with Crippen LogP contribution in [0.25, 0.3) is 0 Å². The third-order valence-corrected chi connectivity index (χ3v) is 7.26. The Bertz CT molecular complexity index is 880. The second-order valence-corrected chi connectivity index (χ2v) is 10.4. The second kappa shape index (κ2) is 9.35. The molecule has 0 aromatic heterocycles. The molecule has 0 aliphatic carbocycles. The van der Waals surface area contributed by atoms with Crippen molar-refractivity contribution in [2.45, 2.75) is 23.3 Å². The van der Waals surface area contributed by atoms with Gasteiger partial charge < -0.3 is 4.55 Å². The first-order valence-corrected chi connectivity index (χ1v) is 11.4. The molecule has 0 spiro atoms. The van der Waals surface area contributed by atoms with Crippen molar-refractivity contribution in [1.82, 2.24) is 0 Å². The molecule has 3 nitrogen and oxygen atoms in total. The van der Waals surface area contributed by atoms with Gasteiger partial charge >= 0.3 is 113 Å². The second-order valence-electron chi connectivity index (χ2n) is 5.40. The molecule has 14 heteroatoms. The van der Waals surface area contributed by atoms with E-state index in [0.29, 0.717) is 0 Å². The number of hydrogen-bond donors (Lipinski definition) is 0. The molecule has 0 unspecified atom stereocenters. The summed E-state index contributed by atoms with van der Waals surface area (Å²) in [5.41, 5.74) is 0. The zero-order valence-electron chi connectivity index (χ0n) is 14.3. The van der Waals surface area contributed by atoms with Gasteiger partial charge in [0.2, 0.25) is 0 Å². The van der Waals surface area contributed by atoms with Crippen LogP contribution in [0, 0.1) is 0 Å². The number of rotatable bonds is 5. The van der Waals surface area contributed by atoms with Gasteiger partial charge in [-0.1, -0.05) is 0 Å². The molecular weight excluding hydrogens is 565 g/mol. The van der Waals surface area contributed by atoms with Crippen LogP contribution in [0.2, 0.25) is 0 Å². The zero-order valence-corrected chi connectivity index (χ0v) is 17.6. The summed E-state index contributed by atoms with van der Waals surface area (Å²) in [5.74, 6) is -14.8. The van der Waals surface area contributed by atoms with Crippen molar-refractivity contribution in [3.8, 4) is 0 Å².